The van der Waals surface area contributed by atoms with Crippen molar-refractivity contribution in [2.45, 2.75) is 19.1 Å². The Kier molecular flexibility index (Phi) is 4.51. The van der Waals surface area contributed by atoms with Gasteiger partial charge >= 0.3 is 0 Å². The molecule has 126 valence electrons. The van der Waals surface area contributed by atoms with Gasteiger partial charge in [-0.2, -0.15) is 0 Å². The molecule has 0 aromatic heterocycles. The Labute approximate surface area is 146 Å². The quantitative estimate of drug-likeness (QED) is 0.886. The van der Waals surface area contributed by atoms with Gasteiger partial charge in [0.05, 0.1) is 12.2 Å². The highest BCUT2D eigenvalue weighted by molar-refractivity contribution is 7.91. The van der Waals surface area contributed by atoms with E-state index in [0.717, 1.165) is 11.3 Å². The highest BCUT2D eigenvalue weighted by Gasteiger charge is 2.26. The van der Waals surface area contributed by atoms with Crippen molar-refractivity contribution in [2.24, 2.45) is 0 Å². The first-order chi connectivity index (χ1) is 11.4. The zero-order valence-electron chi connectivity index (χ0n) is 13.1. The molecule has 1 N–H and O–H groups in total. The SMILES string of the molecule is CCN1C(=O)Cc2cc(NS(=O)(=O)Cc3cccc(Cl)c3)ccc21. The van der Waals surface area contributed by atoms with Crippen LogP contribution in [0, 0.1) is 0 Å². The highest BCUT2D eigenvalue weighted by Crippen LogP contribution is 2.31. The largest absolute Gasteiger partial charge is 0.312 e. The third kappa shape index (κ3) is 3.55. The smallest absolute Gasteiger partial charge is 0.236 e. The van der Waals surface area contributed by atoms with Crippen molar-refractivity contribution in [3.8, 4) is 0 Å². The number of sulfonamides is 1. The number of hydrogen-bond acceptors (Lipinski definition) is 3. The number of likely N-dealkylation sites (N-methyl/N-ethyl adjacent to an activating group) is 1. The fraction of sp³-hybridized carbons (Fsp3) is 0.235. The molecule has 0 fully saturated rings. The zero-order valence-corrected chi connectivity index (χ0v) is 14.7. The molecule has 2 aromatic carbocycles. The van der Waals surface area contributed by atoms with E-state index in [0.29, 0.717) is 29.2 Å². The number of amides is 1. The molecule has 0 aliphatic carbocycles. The molecule has 2 aromatic rings. The van der Waals surface area contributed by atoms with Crippen molar-refractivity contribution in [2.75, 3.05) is 16.2 Å². The predicted molar refractivity (Wildman–Crippen MR) is 95.9 cm³/mol. The maximum absolute atomic E-state index is 12.3. The van der Waals surface area contributed by atoms with E-state index in [1.54, 1.807) is 47.4 Å². The van der Waals surface area contributed by atoms with E-state index in [-0.39, 0.29) is 11.7 Å². The van der Waals surface area contributed by atoms with Gasteiger partial charge in [0.1, 0.15) is 0 Å². The van der Waals surface area contributed by atoms with Gasteiger partial charge in [0, 0.05) is 22.9 Å². The van der Waals surface area contributed by atoms with E-state index >= 15 is 0 Å². The molecular formula is C17H17ClN2O3S. The lowest BCUT2D eigenvalue weighted by Gasteiger charge is -2.15. The lowest BCUT2D eigenvalue weighted by atomic mass is 10.1. The molecule has 0 spiro atoms. The van der Waals surface area contributed by atoms with Gasteiger partial charge in [-0.15, -0.1) is 0 Å². The van der Waals surface area contributed by atoms with E-state index in [1.807, 2.05) is 6.92 Å². The second-order valence-corrected chi connectivity index (χ2v) is 7.81. The minimum Gasteiger partial charge on any atom is -0.312 e. The molecule has 7 heteroatoms. The summed E-state index contributed by atoms with van der Waals surface area (Å²) < 4.78 is 27.2. The second-order valence-electron chi connectivity index (χ2n) is 5.65. The molecule has 0 radical (unpaired) electrons. The van der Waals surface area contributed by atoms with Crippen molar-refractivity contribution >= 4 is 38.9 Å². The number of halogens is 1. The van der Waals surface area contributed by atoms with Crippen LogP contribution in [0.3, 0.4) is 0 Å². The van der Waals surface area contributed by atoms with Gasteiger partial charge < -0.3 is 4.90 Å². The summed E-state index contributed by atoms with van der Waals surface area (Å²) in [6, 6.07) is 11.9. The van der Waals surface area contributed by atoms with Crippen LogP contribution in [-0.4, -0.2) is 20.9 Å². The molecule has 5 nitrogen and oxygen atoms in total. The van der Waals surface area contributed by atoms with Gasteiger partial charge in [0.2, 0.25) is 15.9 Å². The van der Waals surface area contributed by atoms with Crippen LogP contribution in [0.1, 0.15) is 18.1 Å². The average molecular weight is 365 g/mol. The molecule has 24 heavy (non-hydrogen) atoms. The van der Waals surface area contributed by atoms with Crippen LogP contribution in [0.4, 0.5) is 11.4 Å². The zero-order chi connectivity index (χ0) is 17.3. The van der Waals surface area contributed by atoms with Gasteiger partial charge in [-0.05, 0) is 48.4 Å². The summed E-state index contributed by atoms with van der Waals surface area (Å²) in [6.45, 7) is 2.51. The van der Waals surface area contributed by atoms with Crippen molar-refractivity contribution in [3.05, 3.63) is 58.6 Å². The number of hydrogen-bond donors (Lipinski definition) is 1. The average Bonchev–Trinajstić information content (AvgIpc) is 2.80. The number of carbonyl (C=O) groups is 1. The van der Waals surface area contributed by atoms with Gasteiger partial charge in [-0.1, -0.05) is 23.7 Å². The minimum absolute atomic E-state index is 0.0337. The molecule has 1 heterocycles. The summed E-state index contributed by atoms with van der Waals surface area (Å²) in [7, 11) is -3.56. The predicted octanol–water partition coefficient (Wildman–Crippen LogP) is 3.19. The number of anilines is 2. The molecule has 0 unspecified atom stereocenters. The molecule has 1 aliphatic rings. The summed E-state index contributed by atoms with van der Waals surface area (Å²) in [5.41, 5.74) is 2.76. The third-order valence-corrected chi connectivity index (χ3v) is 5.34. The Balaban J connectivity index is 1.79. The van der Waals surface area contributed by atoms with Crippen LogP contribution >= 0.6 is 11.6 Å². The van der Waals surface area contributed by atoms with E-state index in [1.165, 1.54) is 0 Å². The summed E-state index contributed by atoms with van der Waals surface area (Å²) in [5.74, 6) is -0.128. The summed E-state index contributed by atoms with van der Waals surface area (Å²) in [5, 5.41) is 0.499. The number of carbonyl (C=O) groups excluding carboxylic acids is 1. The summed E-state index contributed by atoms with van der Waals surface area (Å²) in [6.07, 6.45) is 0.299. The Morgan fingerprint density at radius 3 is 2.71 bits per heavy atom. The Bertz CT molecular complexity index is 896. The summed E-state index contributed by atoms with van der Waals surface area (Å²) >= 11 is 5.89. The molecular weight excluding hydrogens is 348 g/mol. The molecule has 1 aliphatic heterocycles. The van der Waals surface area contributed by atoms with Crippen molar-refractivity contribution in [1.82, 2.24) is 0 Å². The fourth-order valence-electron chi connectivity index (χ4n) is 2.86. The molecule has 3 rings (SSSR count). The fourth-order valence-corrected chi connectivity index (χ4v) is 4.24. The van der Waals surface area contributed by atoms with Crippen LogP contribution < -0.4 is 9.62 Å². The monoisotopic (exact) mass is 364 g/mol. The van der Waals surface area contributed by atoms with Gasteiger partial charge in [0.25, 0.3) is 0 Å². The highest BCUT2D eigenvalue weighted by atomic mass is 35.5. The summed E-state index contributed by atoms with van der Waals surface area (Å²) in [4.78, 5) is 13.6. The maximum atomic E-state index is 12.3. The first-order valence-electron chi connectivity index (χ1n) is 7.56. The Morgan fingerprint density at radius 1 is 1.21 bits per heavy atom. The number of benzene rings is 2. The van der Waals surface area contributed by atoms with Crippen LogP contribution in [0.5, 0.6) is 0 Å². The van der Waals surface area contributed by atoms with Crippen molar-refractivity contribution < 1.29 is 13.2 Å². The van der Waals surface area contributed by atoms with Crippen LogP contribution in [0.15, 0.2) is 42.5 Å². The maximum Gasteiger partial charge on any atom is 0.236 e. The van der Waals surface area contributed by atoms with Crippen molar-refractivity contribution in [1.29, 1.82) is 0 Å². The minimum atomic E-state index is -3.56. The van der Waals surface area contributed by atoms with Gasteiger partial charge in [0.15, 0.2) is 0 Å². The van der Waals surface area contributed by atoms with Crippen molar-refractivity contribution in [3.63, 3.8) is 0 Å². The standard InChI is InChI=1S/C17H17ClN2O3S/c1-2-20-16-7-6-15(9-13(16)10-17(20)21)19-24(22,23)11-12-4-3-5-14(18)8-12/h3-9,19H,2,10-11H2,1H3. The molecule has 0 bridgehead atoms. The molecule has 1 amide bonds. The third-order valence-electron chi connectivity index (χ3n) is 3.85. The number of nitrogens with zero attached hydrogens (tertiary/aromatic N) is 1. The Hall–Kier alpha value is -2.05. The molecule has 0 atom stereocenters. The second kappa shape index (κ2) is 6.45. The van der Waals surface area contributed by atoms with Crippen LogP contribution in [0.2, 0.25) is 5.02 Å². The normalized spacial score (nSPS) is 13.9. The lowest BCUT2D eigenvalue weighted by Crippen LogP contribution is -2.25. The molecule has 0 saturated carbocycles. The molecule has 0 saturated heterocycles. The first-order valence-corrected chi connectivity index (χ1v) is 9.59. The number of fused-ring (bicyclic) bond motifs is 1. The number of nitrogens with one attached hydrogen (secondary N) is 1. The first kappa shape index (κ1) is 16.8. The topological polar surface area (TPSA) is 66.5 Å². The number of rotatable bonds is 5. The van der Waals surface area contributed by atoms with E-state index in [2.05, 4.69) is 4.72 Å². The van der Waals surface area contributed by atoms with Crippen LogP contribution in [-0.2, 0) is 27.0 Å². The van der Waals surface area contributed by atoms with Gasteiger partial charge in [-0.3, -0.25) is 9.52 Å². The lowest BCUT2D eigenvalue weighted by molar-refractivity contribution is -0.117. The van der Waals surface area contributed by atoms with E-state index in [9.17, 15) is 13.2 Å². The van der Waals surface area contributed by atoms with E-state index in [4.69, 9.17) is 11.6 Å². The Morgan fingerprint density at radius 2 is 2.00 bits per heavy atom. The van der Waals surface area contributed by atoms with Gasteiger partial charge in [-0.25, -0.2) is 8.42 Å². The van der Waals surface area contributed by atoms with E-state index < -0.39 is 10.0 Å². The van der Waals surface area contributed by atoms with Crippen LogP contribution in [0.25, 0.3) is 0 Å².